The van der Waals surface area contributed by atoms with Crippen LogP contribution >= 0.6 is 15.9 Å². The predicted molar refractivity (Wildman–Crippen MR) is 98.3 cm³/mol. The predicted octanol–water partition coefficient (Wildman–Crippen LogP) is 2.02. The maximum absolute atomic E-state index is 12.1. The summed E-state index contributed by atoms with van der Waals surface area (Å²) < 4.78 is 6.41. The van der Waals surface area contributed by atoms with Gasteiger partial charge in [-0.3, -0.25) is 9.69 Å². The fraction of sp³-hybridized carbons (Fsp3) is 0.611. The number of rotatable bonds is 6. The normalized spacial score (nSPS) is 22.6. The molecule has 0 spiro atoms. The number of amides is 1. The largest absolute Gasteiger partial charge is 0.380 e. The van der Waals surface area contributed by atoms with Crippen molar-refractivity contribution in [2.75, 3.05) is 39.4 Å². The molecule has 2 N–H and O–H groups in total. The van der Waals surface area contributed by atoms with E-state index in [1.807, 2.05) is 24.3 Å². The highest BCUT2D eigenvalue weighted by Gasteiger charge is 2.27. The zero-order valence-electron chi connectivity index (χ0n) is 14.0. The van der Waals surface area contributed by atoms with Crippen LogP contribution in [0.5, 0.6) is 0 Å². The first-order valence-electron chi connectivity index (χ1n) is 8.81. The van der Waals surface area contributed by atoms with Gasteiger partial charge in [-0.05, 0) is 37.5 Å². The van der Waals surface area contributed by atoms with E-state index in [4.69, 9.17) is 4.74 Å². The van der Waals surface area contributed by atoms with E-state index in [0.717, 1.165) is 37.3 Å². The summed E-state index contributed by atoms with van der Waals surface area (Å²) in [6, 6.07) is 8.66. The molecule has 2 heterocycles. The third-order valence-corrected chi connectivity index (χ3v) is 5.38. The number of piperidine rings is 1. The number of hydrogen-bond acceptors (Lipinski definition) is 4. The molecular weight excluding hydrogens is 370 g/mol. The van der Waals surface area contributed by atoms with E-state index in [9.17, 15) is 4.79 Å². The summed E-state index contributed by atoms with van der Waals surface area (Å²) in [5.41, 5.74) is 0.691. The van der Waals surface area contributed by atoms with E-state index in [1.54, 1.807) is 0 Å². The van der Waals surface area contributed by atoms with Crippen molar-refractivity contribution in [3.05, 3.63) is 34.3 Å². The molecule has 132 valence electrons. The minimum atomic E-state index is -0.0193. The van der Waals surface area contributed by atoms with Crippen molar-refractivity contribution in [2.45, 2.75) is 31.3 Å². The van der Waals surface area contributed by atoms with Gasteiger partial charge in [-0.15, -0.1) is 0 Å². The summed E-state index contributed by atoms with van der Waals surface area (Å²) in [7, 11) is 0. The summed E-state index contributed by atoms with van der Waals surface area (Å²) >= 11 is 3.39. The number of benzene rings is 1. The lowest BCUT2D eigenvalue weighted by Crippen LogP contribution is -2.48. The molecule has 1 amide bonds. The van der Waals surface area contributed by atoms with Crippen LogP contribution in [0, 0.1) is 0 Å². The minimum absolute atomic E-state index is 0.0193. The van der Waals surface area contributed by atoms with Gasteiger partial charge in [0.25, 0.3) is 5.91 Å². The molecule has 2 fully saturated rings. The second-order valence-corrected chi connectivity index (χ2v) is 7.46. The van der Waals surface area contributed by atoms with Crippen LogP contribution in [0.4, 0.5) is 0 Å². The zero-order valence-corrected chi connectivity index (χ0v) is 15.6. The first-order valence-corrected chi connectivity index (χ1v) is 9.60. The lowest BCUT2D eigenvalue weighted by molar-refractivity contribution is 0.0951. The lowest BCUT2D eigenvalue weighted by atomic mass is 10.0. The summed E-state index contributed by atoms with van der Waals surface area (Å²) in [6.07, 6.45) is 3.53. The molecule has 0 aliphatic carbocycles. The SMILES string of the molecule is O=C(NCCNC1CCN(C2CCOC2)CC1)c1cccc(Br)c1. The molecule has 1 unspecified atom stereocenters. The Bertz CT molecular complexity index is 541. The summed E-state index contributed by atoms with van der Waals surface area (Å²) in [4.78, 5) is 14.6. The van der Waals surface area contributed by atoms with E-state index in [0.29, 0.717) is 24.2 Å². The van der Waals surface area contributed by atoms with E-state index >= 15 is 0 Å². The summed E-state index contributed by atoms with van der Waals surface area (Å²) in [6.45, 7) is 5.59. The third-order valence-electron chi connectivity index (χ3n) is 4.88. The number of carbonyl (C=O) groups excluding carboxylic acids is 1. The molecule has 3 rings (SSSR count). The van der Waals surface area contributed by atoms with Gasteiger partial charge >= 0.3 is 0 Å². The molecule has 5 nitrogen and oxygen atoms in total. The standard InChI is InChI=1S/C18H26BrN3O2/c19-15-3-1-2-14(12-15)18(23)21-8-7-20-16-4-9-22(10-5-16)17-6-11-24-13-17/h1-3,12,16-17,20H,4-11,13H2,(H,21,23). The van der Waals surface area contributed by atoms with Gasteiger partial charge in [0.15, 0.2) is 0 Å². The van der Waals surface area contributed by atoms with Gasteiger partial charge in [0.1, 0.15) is 0 Å². The molecule has 1 aromatic rings. The Morgan fingerprint density at radius 1 is 1.25 bits per heavy atom. The molecule has 2 aliphatic rings. The molecule has 0 saturated carbocycles. The molecular formula is C18H26BrN3O2. The van der Waals surface area contributed by atoms with Crippen LogP contribution in [0.15, 0.2) is 28.7 Å². The maximum Gasteiger partial charge on any atom is 0.251 e. The van der Waals surface area contributed by atoms with Crippen molar-refractivity contribution < 1.29 is 9.53 Å². The van der Waals surface area contributed by atoms with Crippen LogP contribution < -0.4 is 10.6 Å². The highest BCUT2D eigenvalue weighted by Crippen LogP contribution is 2.18. The van der Waals surface area contributed by atoms with Gasteiger partial charge in [0, 0.05) is 54.9 Å². The van der Waals surface area contributed by atoms with E-state index in [1.165, 1.54) is 19.3 Å². The van der Waals surface area contributed by atoms with Crippen molar-refractivity contribution in [3.63, 3.8) is 0 Å². The topological polar surface area (TPSA) is 53.6 Å². The Hall–Kier alpha value is -0.950. The van der Waals surface area contributed by atoms with Crippen molar-refractivity contribution in [1.29, 1.82) is 0 Å². The van der Waals surface area contributed by atoms with Gasteiger partial charge in [0.05, 0.1) is 6.61 Å². The number of carbonyl (C=O) groups is 1. The third kappa shape index (κ3) is 5.02. The average molecular weight is 396 g/mol. The average Bonchev–Trinajstić information content (AvgIpc) is 3.14. The first kappa shape index (κ1) is 17.9. The van der Waals surface area contributed by atoms with Crippen molar-refractivity contribution in [1.82, 2.24) is 15.5 Å². The zero-order chi connectivity index (χ0) is 16.8. The Balaban J connectivity index is 1.30. The minimum Gasteiger partial charge on any atom is -0.380 e. The quantitative estimate of drug-likeness (QED) is 0.723. The van der Waals surface area contributed by atoms with Crippen LogP contribution in [0.1, 0.15) is 29.6 Å². The molecule has 0 radical (unpaired) electrons. The highest BCUT2D eigenvalue weighted by atomic mass is 79.9. The van der Waals surface area contributed by atoms with Crippen molar-refractivity contribution in [2.24, 2.45) is 0 Å². The number of halogens is 1. The van der Waals surface area contributed by atoms with Gasteiger partial charge in [-0.25, -0.2) is 0 Å². The van der Waals surface area contributed by atoms with Crippen molar-refractivity contribution >= 4 is 21.8 Å². The lowest BCUT2D eigenvalue weighted by Gasteiger charge is -2.35. The maximum atomic E-state index is 12.1. The fourth-order valence-electron chi connectivity index (χ4n) is 3.46. The van der Waals surface area contributed by atoms with Crippen LogP contribution in [-0.4, -0.2) is 62.3 Å². The van der Waals surface area contributed by atoms with E-state index in [-0.39, 0.29) is 5.91 Å². The number of nitrogens with one attached hydrogen (secondary N) is 2. The smallest absolute Gasteiger partial charge is 0.251 e. The monoisotopic (exact) mass is 395 g/mol. The Labute approximate surface area is 152 Å². The summed E-state index contributed by atoms with van der Waals surface area (Å²) in [5.74, 6) is -0.0193. The van der Waals surface area contributed by atoms with Crippen LogP contribution in [0.25, 0.3) is 0 Å². The van der Waals surface area contributed by atoms with Crippen LogP contribution in [0.2, 0.25) is 0 Å². The van der Waals surface area contributed by atoms with Crippen LogP contribution in [0.3, 0.4) is 0 Å². The number of nitrogens with zero attached hydrogens (tertiary/aromatic N) is 1. The second-order valence-electron chi connectivity index (χ2n) is 6.55. The van der Waals surface area contributed by atoms with Gasteiger partial charge < -0.3 is 15.4 Å². The Morgan fingerprint density at radius 3 is 2.79 bits per heavy atom. The molecule has 0 bridgehead atoms. The molecule has 1 aromatic carbocycles. The highest BCUT2D eigenvalue weighted by molar-refractivity contribution is 9.10. The van der Waals surface area contributed by atoms with Gasteiger partial charge in [-0.1, -0.05) is 22.0 Å². The molecule has 0 aromatic heterocycles. The van der Waals surface area contributed by atoms with Gasteiger partial charge in [-0.2, -0.15) is 0 Å². The molecule has 6 heteroatoms. The Morgan fingerprint density at radius 2 is 2.08 bits per heavy atom. The van der Waals surface area contributed by atoms with Crippen molar-refractivity contribution in [3.8, 4) is 0 Å². The molecule has 2 aliphatic heterocycles. The number of likely N-dealkylation sites (tertiary alicyclic amines) is 1. The first-order chi connectivity index (χ1) is 11.7. The number of ether oxygens (including phenoxy) is 1. The number of hydrogen-bond donors (Lipinski definition) is 2. The van der Waals surface area contributed by atoms with E-state index < -0.39 is 0 Å². The fourth-order valence-corrected chi connectivity index (χ4v) is 3.86. The second kappa shape index (κ2) is 8.94. The van der Waals surface area contributed by atoms with Crippen LogP contribution in [-0.2, 0) is 4.74 Å². The van der Waals surface area contributed by atoms with Gasteiger partial charge in [0.2, 0.25) is 0 Å². The Kier molecular flexibility index (Phi) is 6.66. The molecule has 24 heavy (non-hydrogen) atoms. The van der Waals surface area contributed by atoms with E-state index in [2.05, 4.69) is 31.5 Å². The molecule has 2 saturated heterocycles. The summed E-state index contributed by atoms with van der Waals surface area (Å²) in [5, 5.41) is 6.54. The molecule has 1 atom stereocenters.